The Kier molecular flexibility index (Phi) is 5.63. The van der Waals surface area contributed by atoms with E-state index in [4.69, 9.17) is 4.74 Å². The van der Waals surface area contributed by atoms with Gasteiger partial charge in [-0.05, 0) is 53.6 Å². The lowest BCUT2D eigenvalue weighted by Gasteiger charge is -2.43. The highest BCUT2D eigenvalue weighted by atomic mass is 16.5. The summed E-state index contributed by atoms with van der Waals surface area (Å²) < 4.78 is 5.21. The molecule has 0 saturated carbocycles. The van der Waals surface area contributed by atoms with E-state index in [-0.39, 0.29) is 5.97 Å². The molecule has 21 heavy (non-hydrogen) atoms. The number of hydrogen-bond donors (Lipinski definition) is 1. The number of carbonyl (C=O) groups excluding carboxylic acids is 1. The number of nitrogens with zero attached hydrogens (tertiary/aromatic N) is 2. The van der Waals surface area contributed by atoms with Crippen LogP contribution in [0.15, 0.2) is 0 Å². The van der Waals surface area contributed by atoms with Gasteiger partial charge >= 0.3 is 5.97 Å². The molecule has 2 saturated heterocycles. The maximum absolute atomic E-state index is 12.1. The van der Waals surface area contributed by atoms with Crippen LogP contribution < -0.4 is 5.32 Å². The van der Waals surface area contributed by atoms with Gasteiger partial charge in [-0.15, -0.1) is 0 Å². The molecule has 0 radical (unpaired) electrons. The van der Waals surface area contributed by atoms with Crippen molar-refractivity contribution >= 4 is 5.97 Å². The van der Waals surface area contributed by atoms with Gasteiger partial charge in [0, 0.05) is 31.7 Å². The van der Waals surface area contributed by atoms with Gasteiger partial charge in [0.1, 0.15) is 5.54 Å². The highest BCUT2D eigenvalue weighted by molar-refractivity contribution is 5.80. The van der Waals surface area contributed by atoms with Gasteiger partial charge in [-0.3, -0.25) is 14.6 Å². The Morgan fingerprint density at radius 3 is 2.86 bits per heavy atom. The molecule has 0 aromatic rings. The first-order valence-corrected chi connectivity index (χ1v) is 8.34. The number of carbonyl (C=O) groups is 1. The minimum atomic E-state index is -0.581. The van der Waals surface area contributed by atoms with E-state index in [9.17, 15) is 4.79 Å². The average molecular weight is 297 g/mol. The van der Waals surface area contributed by atoms with Crippen LogP contribution >= 0.6 is 0 Å². The van der Waals surface area contributed by atoms with Gasteiger partial charge in [0.05, 0.1) is 6.61 Å². The predicted molar refractivity (Wildman–Crippen MR) is 84.3 cm³/mol. The van der Waals surface area contributed by atoms with Crippen molar-refractivity contribution in [2.24, 2.45) is 0 Å². The minimum Gasteiger partial charge on any atom is -0.465 e. The van der Waals surface area contributed by atoms with E-state index in [0.29, 0.717) is 12.6 Å². The molecule has 0 aromatic heterocycles. The van der Waals surface area contributed by atoms with E-state index in [1.54, 1.807) is 0 Å². The van der Waals surface area contributed by atoms with Crippen LogP contribution in [0.1, 0.15) is 40.0 Å². The zero-order valence-corrected chi connectivity index (χ0v) is 14.0. The molecule has 0 amide bonds. The summed E-state index contributed by atoms with van der Waals surface area (Å²) in [6.45, 7) is 11.1. The van der Waals surface area contributed by atoms with Crippen LogP contribution in [-0.2, 0) is 9.53 Å². The molecule has 2 fully saturated rings. The van der Waals surface area contributed by atoms with Gasteiger partial charge in [0.15, 0.2) is 0 Å². The molecule has 3 atom stereocenters. The van der Waals surface area contributed by atoms with E-state index in [0.717, 1.165) is 25.6 Å². The van der Waals surface area contributed by atoms with E-state index in [2.05, 4.69) is 22.0 Å². The Morgan fingerprint density at radius 2 is 2.19 bits per heavy atom. The summed E-state index contributed by atoms with van der Waals surface area (Å²) in [7, 11) is 1.84. The number of ether oxygens (including phenoxy) is 1. The average Bonchev–Trinajstić information content (AvgIpc) is 2.91. The maximum atomic E-state index is 12.1. The van der Waals surface area contributed by atoms with Gasteiger partial charge in [-0.1, -0.05) is 0 Å². The largest absolute Gasteiger partial charge is 0.465 e. The first-order valence-electron chi connectivity index (χ1n) is 8.34. The summed E-state index contributed by atoms with van der Waals surface area (Å²) in [5.74, 6) is -0.139. The van der Waals surface area contributed by atoms with Crippen molar-refractivity contribution in [1.29, 1.82) is 0 Å². The van der Waals surface area contributed by atoms with Gasteiger partial charge in [0.2, 0.25) is 0 Å². The molecule has 1 N–H and O–H groups in total. The highest BCUT2D eigenvalue weighted by Gasteiger charge is 2.37. The number of piperazine rings is 1. The Morgan fingerprint density at radius 1 is 1.43 bits per heavy atom. The number of nitrogens with one attached hydrogen (secondary N) is 1. The van der Waals surface area contributed by atoms with Crippen LogP contribution in [0, 0.1) is 0 Å². The van der Waals surface area contributed by atoms with Crippen LogP contribution in [0.3, 0.4) is 0 Å². The molecular formula is C16H31N3O2. The lowest BCUT2D eigenvalue weighted by molar-refractivity contribution is -0.150. The second-order valence-electron chi connectivity index (χ2n) is 6.69. The summed E-state index contributed by atoms with van der Waals surface area (Å²) in [5.41, 5.74) is -0.581. The zero-order valence-electron chi connectivity index (χ0n) is 14.0. The number of esters is 1. The molecule has 2 aliphatic rings. The predicted octanol–water partition coefficient (Wildman–Crippen LogP) is 1.09. The molecule has 5 heteroatoms. The van der Waals surface area contributed by atoms with Gasteiger partial charge in [0.25, 0.3) is 0 Å². The molecule has 0 spiro atoms. The third-order valence-electron chi connectivity index (χ3n) is 5.24. The van der Waals surface area contributed by atoms with Gasteiger partial charge in [-0.25, -0.2) is 0 Å². The third kappa shape index (κ3) is 3.76. The summed E-state index contributed by atoms with van der Waals surface area (Å²) in [4.78, 5) is 17.3. The Hall–Kier alpha value is -0.650. The van der Waals surface area contributed by atoms with E-state index in [1.165, 1.54) is 25.9 Å². The lowest BCUT2D eigenvalue weighted by atomic mass is 9.96. The van der Waals surface area contributed by atoms with E-state index >= 15 is 0 Å². The second kappa shape index (κ2) is 7.07. The van der Waals surface area contributed by atoms with Crippen LogP contribution in [0.5, 0.6) is 0 Å². The number of rotatable bonds is 6. The van der Waals surface area contributed by atoms with Crippen molar-refractivity contribution in [3.05, 3.63) is 0 Å². The molecule has 5 nitrogen and oxygen atoms in total. The van der Waals surface area contributed by atoms with Crippen LogP contribution in [0.2, 0.25) is 0 Å². The summed E-state index contributed by atoms with van der Waals surface area (Å²) in [6.07, 6.45) is 3.45. The molecule has 3 unspecified atom stereocenters. The SMILES string of the molecule is CCOC(=O)C(C)(CCN1CC2CCCN2CC1C)NC. The summed E-state index contributed by atoms with van der Waals surface area (Å²) >= 11 is 0. The smallest absolute Gasteiger partial charge is 0.326 e. The number of fused-ring (bicyclic) bond motifs is 1. The molecule has 2 rings (SSSR count). The normalized spacial score (nSPS) is 29.9. The molecule has 122 valence electrons. The Labute approximate surface area is 129 Å². The highest BCUT2D eigenvalue weighted by Crippen LogP contribution is 2.25. The van der Waals surface area contributed by atoms with Gasteiger partial charge in [-0.2, -0.15) is 0 Å². The molecule has 2 heterocycles. The van der Waals surface area contributed by atoms with Crippen molar-refractivity contribution in [3.63, 3.8) is 0 Å². The fourth-order valence-electron chi connectivity index (χ4n) is 3.55. The van der Waals surface area contributed by atoms with Crippen LogP contribution in [0.4, 0.5) is 0 Å². The zero-order chi connectivity index (χ0) is 15.5. The van der Waals surface area contributed by atoms with E-state index < -0.39 is 5.54 Å². The first-order chi connectivity index (χ1) is 10.00. The monoisotopic (exact) mass is 297 g/mol. The van der Waals surface area contributed by atoms with Crippen molar-refractivity contribution < 1.29 is 9.53 Å². The maximum Gasteiger partial charge on any atom is 0.326 e. The summed E-state index contributed by atoms with van der Waals surface area (Å²) in [6, 6.07) is 1.30. The quantitative estimate of drug-likeness (QED) is 0.744. The van der Waals surface area contributed by atoms with Crippen LogP contribution in [-0.4, -0.2) is 73.2 Å². The molecule has 2 aliphatic heterocycles. The van der Waals surface area contributed by atoms with Crippen molar-refractivity contribution in [1.82, 2.24) is 15.1 Å². The first kappa shape index (κ1) is 16.7. The molecule has 0 aromatic carbocycles. The standard InChI is InChI=1S/C16H31N3O2/c1-5-21-15(20)16(3,17-4)8-10-18-12-14-7-6-9-19(14)11-13(18)2/h13-14,17H,5-12H2,1-4H3. The van der Waals surface area contributed by atoms with Gasteiger partial charge < -0.3 is 10.1 Å². The molecular weight excluding hydrogens is 266 g/mol. The fourth-order valence-corrected chi connectivity index (χ4v) is 3.55. The van der Waals surface area contributed by atoms with E-state index in [1.807, 2.05) is 20.9 Å². The topological polar surface area (TPSA) is 44.8 Å². The van der Waals surface area contributed by atoms with Crippen molar-refractivity contribution in [3.8, 4) is 0 Å². The van der Waals surface area contributed by atoms with Crippen LogP contribution in [0.25, 0.3) is 0 Å². The minimum absolute atomic E-state index is 0.139. The number of hydrogen-bond acceptors (Lipinski definition) is 5. The lowest BCUT2D eigenvalue weighted by Crippen LogP contribution is -2.57. The third-order valence-corrected chi connectivity index (χ3v) is 5.24. The number of likely N-dealkylation sites (N-methyl/N-ethyl adjacent to an activating group) is 1. The van der Waals surface area contributed by atoms with Crippen molar-refractivity contribution in [2.45, 2.75) is 57.7 Å². The Balaban J connectivity index is 1.89. The second-order valence-corrected chi connectivity index (χ2v) is 6.69. The van der Waals surface area contributed by atoms with Crippen molar-refractivity contribution in [2.75, 3.05) is 39.8 Å². The molecule has 0 aliphatic carbocycles. The fraction of sp³-hybridized carbons (Fsp3) is 0.938. The summed E-state index contributed by atoms with van der Waals surface area (Å²) in [5, 5.41) is 3.15. The molecule has 0 bridgehead atoms. The Bertz CT molecular complexity index is 363.